The number of methoxy groups -OCH3 is 1. The molecule has 0 amide bonds. The molecule has 0 aliphatic rings. The molecule has 2 rings (SSSR count). The molecule has 1 N–H and O–H groups in total. The van der Waals surface area contributed by atoms with Crippen molar-refractivity contribution in [3.05, 3.63) is 53.5 Å². The highest BCUT2D eigenvalue weighted by atomic mass is 16.5. The van der Waals surface area contributed by atoms with E-state index >= 15 is 0 Å². The fourth-order valence-corrected chi connectivity index (χ4v) is 4.29. The number of ether oxygens (including phenoxy) is 1. The van der Waals surface area contributed by atoms with Gasteiger partial charge in [-0.15, -0.1) is 0 Å². The first kappa shape index (κ1) is 25.5. The summed E-state index contributed by atoms with van der Waals surface area (Å²) in [6.45, 7) is 2.28. The van der Waals surface area contributed by atoms with Crippen molar-refractivity contribution in [3.63, 3.8) is 0 Å². The molecule has 31 heavy (non-hydrogen) atoms. The summed E-state index contributed by atoms with van der Waals surface area (Å²) in [6, 6.07) is 7.97. The first-order chi connectivity index (χ1) is 15.3. The highest BCUT2D eigenvalue weighted by Crippen LogP contribution is 2.31. The maximum atomic E-state index is 10.7. The molecule has 1 aromatic heterocycles. The van der Waals surface area contributed by atoms with Gasteiger partial charge in [0.05, 0.1) is 19.6 Å². The number of unbranched alkanes of at least 4 members (excludes halogenated alkanes) is 13. The van der Waals surface area contributed by atoms with Crippen molar-refractivity contribution in [1.29, 1.82) is 0 Å². The van der Waals surface area contributed by atoms with E-state index in [2.05, 4.69) is 19.1 Å². The Hall–Kier alpha value is -1.74. The van der Waals surface area contributed by atoms with Gasteiger partial charge in [0.25, 0.3) is 0 Å². The molecule has 3 heteroatoms. The second-order valence-corrected chi connectivity index (χ2v) is 8.88. The van der Waals surface area contributed by atoms with E-state index < -0.39 is 6.10 Å². The molecule has 0 aliphatic heterocycles. The van der Waals surface area contributed by atoms with Crippen LogP contribution in [0.25, 0.3) is 0 Å². The molecule has 1 unspecified atom stereocenters. The van der Waals surface area contributed by atoms with Crippen LogP contribution in [0.2, 0.25) is 0 Å². The summed E-state index contributed by atoms with van der Waals surface area (Å²) < 4.78 is 10.6. The molecule has 1 heterocycles. The fraction of sp³-hybridized carbons (Fsp3) is 0.643. The molecule has 0 saturated carbocycles. The quantitative estimate of drug-likeness (QED) is 0.242. The van der Waals surface area contributed by atoms with Gasteiger partial charge in [-0.2, -0.15) is 0 Å². The van der Waals surface area contributed by atoms with Crippen LogP contribution in [0.1, 0.15) is 120 Å². The van der Waals surface area contributed by atoms with Gasteiger partial charge in [0.1, 0.15) is 11.9 Å². The largest absolute Gasteiger partial charge is 0.496 e. The number of aliphatic hydroxyl groups excluding tert-OH is 1. The summed E-state index contributed by atoms with van der Waals surface area (Å²) in [5, 5.41) is 10.7. The summed E-state index contributed by atoms with van der Waals surface area (Å²) >= 11 is 0. The van der Waals surface area contributed by atoms with E-state index in [1.54, 1.807) is 25.7 Å². The number of benzene rings is 1. The van der Waals surface area contributed by atoms with Crippen LogP contribution in [0.15, 0.2) is 41.2 Å². The Bertz CT molecular complexity index is 678. The smallest absolute Gasteiger partial charge is 0.125 e. The van der Waals surface area contributed by atoms with Crippen LogP contribution in [-0.2, 0) is 6.42 Å². The molecule has 3 nitrogen and oxygen atoms in total. The van der Waals surface area contributed by atoms with Crippen molar-refractivity contribution in [2.45, 2.75) is 109 Å². The minimum atomic E-state index is -0.718. The van der Waals surface area contributed by atoms with Crippen LogP contribution in [0, 0.1) is 0 Å². The second kappa shape index (κ2) is 16.0. The molecule has 174 valence electrons. The highest BCUT2D eigenvalue weighted by molar-refractivity contribution is 5.42. The Labute approximate surface area is 190 Å². The number of aliphatic hydroxyl groups is 1. The van der Waals surface area contributed by atoms with E-state index in [1.807, 2.05) is 6.07 Å². The van der Waals surface area contributed by atoms with E-state index in [4.69, 9.17) is 9.15 Å². The minimum Gasteiger partial charge on any atom is -0.496 e. The molecular weight excluding hydrogens is 384 g/mol. The Kier molecular flexibility index (Phi) is 13.1. The summed E-state index contributed by atoms with van der Waals surface area (Å²) in [4.78, 5) is 0. The Balaban J connectivity index is 1.56. The van der Waals surface area contributed by atoms with Crippen LogP contribution in [0.4, 0.5) is 0 Å². The van der Waals surface area contributed by atoms with Gasteiger partial charge in [-0.1, -0.05) is 96.5 Å². The molecule has 2 aromatic rings. The van der Waals surface area contributed by atoms with Gasteiger partial charge in [-0.25, -0.2) is 0 Å². The van der Waals surface area contributed by atoms with Crippen LogP contribution < -0.4 is 4.74 Å². The lowest BCUT2D eigenvalue weighted by Gasteiger charge is -2.15. The number of aryl methyl sites for hydroxylation is 1. The Morgan fingerprint density at radius 3 is 1.90 bits per heavy atom. The number of hydrogen-bond acceptors (Lipinski definition) is 3. The zero-order valence-corrected chi connectivity index (χ0v) is 19.9. The average Bonchev–Trinajstić information content (AvgIpc) is 3.33. The van der Waals surface area contributed by atoms with Gasteiger partial charge in [0.2, 0.25) is 0 Å². The second-order valence-electron chi connectivity index (χ2n) is 8.88. The van der Waals surface area contributed by atoms with Crippen LogP contribution >= 0.6 is 0 Å². The first-order valence-corrected chi connectivity index (χ1v) is 12.6. The van der Waals surface area contributed by atoms with Gasteiger partial charge in [-0.3, -0.25) is 0 Å². The molecule has 0 bridgehead atoms. The van der Waals surface area contributed by atoms with E-state index in [-0.39, 0.29) is 0 Å². The zero-order valence-electron chi connectivity index (χ0n) is 19.9. The van der Waals surface area contributed by atoms with Crippen LogP contribution in [0.5, 0.6) is 5.75 Å². The van der Waals surface area contributed by atoms with Gasteiger partial charge < -0.3 is 14.3 Å². The maximum Gasteiger partial charge on any atom is 0.125 e. The third-order valence-electron chi connectivity index (χ3n) is 6.27. The molecule has 0 radical (unpaired) electrons. The van der Waals surface area contributed by atoms with E-state index in [0.29, 0.717) is 0 Å². The van der Waals surface area contributed by atoms with Gasteiger partial charge in [-0.05, 0) is 36.6 Å². The molecule has 1 atom stereocenters. The predicted molar refractivity (Wildman–Crippen MR) is 130 cm³/mol. The zero-order chi connectivity index (χ0) is 22.2. The van der Waals surface area contributed by atoms with Crippen LogP contribution in [-0.4, -0.2) is 12.2 Å². The van der Waals surface area contributed by atoms with Crippen molar-refractivity contribution in [2.75, 3.05) is 7.11 Å². The van der Waals surface area contributed by atoms with E-state index in [9.17, 15) is 5.11 Å². The SMILES string of the molecule is CCCCCCCCCCCCCCCCc1ccc(OC)c(C(O)c2ccoc2)c1. The van der Waals surface area contributed by atoms with Crippen molar-refractivity contribution < 1.29 is 14.3 Å². The average molecular weight is 429 g/mol. The van der Waals surface area contributed by atoms with E-state index in [1.165, 1.54) is 95.5 Å². The first-order valence-electron chi connectivity index (χ1n) is 12.6. The minimum absolute atomic E-state index is 0.718. The molecular formula is C28H44O3. The lowest BCUT2D eigenvalue weighted by Crippen LogP contribution is -2.02. The summed E-state index contributed by atoms with van der Waals surface area (Å²) in [7, 11) is 1.65. The number of furan rings is 1. The van der Waals surface area contributed by atoms with Gasteiger partial charge >= 0.3 is 0 Å². The lowest BCUT2D eigenvalue weighted by molar-refractivity contribution is 0.213. The predicted octanol–water partition coefficient (Wildman–Crippen LogP) is 8.39. The van der Waals surface area contributed by atoms with Crippen molar-refractivity contribution in [2.24, 2.45) is 0 Å². The summed E-state index contributed by atoms with van der Waals surface area (Å²) in [5.41, 5.74) is 2.83. The maximum absolute atomic E-state index is 10.7. The highest BCUT2D eigenvalue weighted by Gasteiger charge is 2.17. The molecule has 0 saturated heterocycles. The topological polar surface area (TPSA) is 42.6 Å². The van der Waals surface area contributed by atoms with Gasteiger partial charge in [0, 0.05) is 11.1 Å². The summed E-state index contributed by atoms with van der Waals surface area (Å²) in [5.74, 6) is 0.721. The van der Waals surface area contributed by atoms with Gasteiger partial charge in [0.15, 0.2) is 0 Å². The van der Waals surface area contributed by atoms with E-state index in [0.717, 1.165) is 23.3 Å². The fourth-order valence-electron chi connectivity index (χ4n) is 4.29. The third-order valence-corrected chi connectivity index (χ3v) is 6.27. The number of rotatable bonds is 18. The molecule has 1 aromatic carbocycles. The number of hydrogen-bond donors (Lipinski definition) is 1. The Morgan fingerprint density at radius 1 is 0.806 bits per heavy atom. The molecule has 0 spiro atoms. The third kappa shape index (κ3) is 9.95. The van der Waals surface area contributed by atoms with Crippen molar-refractivity contribution >= 4 is 0 Å². The molecule has 0 aliphatic carbocycles. The normalized spacial score (nSPS) is 12.2. The molecule has 0 fully saturated rings. The standard InChI is InChI=1S/C28H44O3/c1-3-4-5-6-7-8-9-10-11-12-13-14-15-16-17-24-18-19-27(30-2)26(22-24)28(29)25-20-21-31-23-25/h18-23,28-29H,3-17H2,1-2H3. The van der Waals surface area contributed by atoms with Crippen molar-refractivity contribution in [3.8, 4) is 5.75 Å². The summed E-state index contributed by atoms with van der Waals surface area (Å²) in [6.07, 6.45) is 22.8. The van der Waals surface area contributed by atoms with Crippen molar-refractivity contribution in [1.82, 2.24) is 0 Å². The van der Waals surface area contributed by atoms with Crippen LogP contribution in [0.3, 0.4) is 0 Å². The monoisotopic (exact) mass is 428 g/mol. The lowest BCUT2D eigenvalue weighted by atomic mass is 9.97. The Morgan fingerprint density at radius 2 is 1.39 bits per heavy atom.